The Hall–Kier alpha value is -6.30. The van der Waals surface area contributed by atoms with Crippen molar-refractivity contribution >= 4 is 73.4 Å². The topological polar surface area (TPSA) is 299 Å². The number of rotatable bonds is 18. The van der Waals surface area contributed by atoms with Crippen LogP contribution in [0.5, 0.6) is 0 Å². The lowest BCUT2D eigenvalue weighted by Gasteiger charge is -2.44. The second-order valence-electron chi connectivity index (χ2n) is 13.9. The summed E-state index contributed by atoms with van der Waals surface area (Å²) in [6.07, 6.45) is 4.10. The van der Waals surface area contributed by atoms with E-state index in [4.69, 9.17) is 0 Å². The summed E-state index contributed by atoms with van der Waals surface area (Å²) < 4.78 is 73.0. The van der Waals surface area contributed by atoms with Crippen LogP contribution in [0.3, 0.4) is 0 Å². The van der Waals surface area contributed by atoms with Crippen LogP contribution in [0.25, 0.3) is 6.08 Å². The van der Waals surface area contributed by atoms with E-state index in [9.17, 15) is 36.2 Å². The first kappa shape index (κ1) is 43.3. The molecule has 2 heterocycles. The molecule has 22 heteroatoms. The first-order valence-electron chi connectivity index (χ1n) is 18.4. The molecule has 0 saturated carbocycles. The van der Waals surface area contributed by atoms with E-state index in [0.29, 0.717) is 16.9 Å². The number of nitrogens with one attached hydrogen (secondary N) is 6. The average molecular weight is 861 g/mol. The molecule has 316 valence electrons. The maximum atomic E-state index is 13.6. The van der Waals surface area contributed by atoms with E-state index < -0.39 is 54.4 Å². The Morgan fingerprint density at radius 2 is 1.03 bits per heavy atom. The minimum Gasteiger partial charge on any atom is -0.394 e. The Kier molecular flexibility index (Phi) is 13.2. The van der Waals surface area contributed by atoms with Gasteiger partial charge >= 0.3 is 0 Å². The smallest absolute Gasteiger partial charge is 0.288 e. The van der Waals surface area contributed by atoms with Gasteiger partial charge < -0.3 is 42.1 Å². The molecule has 10 N–H and O–H groups in total. The largest absolute Gasteiger partial charge is 0.394 e. The molecule has 1 aliphatic carbocycles. The molecule has 1 aliphatic rings. The van der Waals surface area contributed by atoms with Crippen LogP contribution in [-0.2, 0) is 20.2 Å². The van der Waals surface area contributed by atoms with Crippen molar-refractivity contribution in [3.63, 3.8) is 0 Å². The fourth-order valence-corrected chi connectivity index (χ4v) is 9.06. The summed E-state index contributed by atoms with van der Waals surface area (Å²) >= 11 is 0. The molecule has 3 aromatic carbocycles. The van der Waals surface area contributed by atoms with Gasteiger partial charge in [-0.2, -0.15) is 46.7 Å². The number of aliphatic hydroxyl groups is 2. The number of anilines is 8. The molecular weight excluding hydrogens is 817 g/mol. The maximum absolute atomic E-state index is 13.6. The van der Waals surface area contributed by atoms with Gasteiger partial charge in [0.25, 0.3) is 20.2 Å². The van der Waals surface area contributed by atoms with Crippen LogP contribution in [-0.4, -0.2) is 101 Å². The molecule has 6 rings (SSSR count). The van der Waals surface area contributed by atoms with E-state index in [1.54, 1.807) is 105 Å². The molecule has 3 atom stereocenters. The van der Waals surface area contributed by atoms with E-state index in [0.717, 1.165) is 0 Å². The van der Waals surface area contributed by atoms with Crippen molar-refractivity contribution in [2.75, 3.05) is 45.1 Å². The zero-order valence-corrected chi connectivity index (χ0v) is 33.9. The third-order valence-corrected chi connectivity index (χ3v) is 12.9. The van der Waals surface area contributed by atoms with Crippen LogP contribution in [0.15, 0.2) is 109 Å². The number of benzene rings is 3. The van der Waals surface area contributed by atoms with Gasteiger partial charge in [0.1, 0.15) is 5.66 Å². The van der Waals surface area contributed by atoms with E-state index >= 15 is 0 Å². The van der Waals surface area contributed by atoms with Crippen LogP contribution < -0.4 is 31.9 Å². The lowest BCUT2D eigenvalue weighted by molar-refractivity contribution is 0.281. The Bertz CT molecular complexity index is 2390. The van der Waals surface area contributed by atoms with Gasteiger partial charge in [0, 0.05) is 35.8 Å². The average Bonchev–Trinajstić information content (AvgIpc) is 3.20. The Morgan fingerprint density at radius 1 is 0.633 bits per heavy atom. The highest BCUT2D eigenvalue weighted by molar-refractivity contribution is 8.05. The van der Waals surface area contributed by atoms with Crippen LogP contribution in [0.1, 0.15) is 25.8 Å². The normalized spacial score (nSPS) is 18.6. The van der Waals surface area contributed by atoms with Crippen molar-refractivity contribution in [3.05, 3.63) is 115 Å². The van der Waals surface area contributed by atoms with Gasteiger partial charge in [-0.25, -0.2) is 0 Å². The fourth-order valence-electron chi connectivity index (χ4n) is 6.17. The van der Waals surface area contributed by atoms with E-state index in [2.05, 4.69) is 61.8 Å². The summed E-state index contributed by atoms with van der Waals surface area (Å²) in [6.45, 7) is 2.71. The number of para-hydroxylation sites is 2. The molecule has 0 amide bonds. The van der Waals surface area contributed by atoms with Gasteiger partial charge in [0.05, 0.1) is 13.2 Å². The zero-order chi connectivity index (χ0) is 43.0. The molecule has 0 bridgehead atoms. The minimum absolute atomic E-state index is 0.0280. The van der Waals surface area contributed by atoms with Crippen molar-refractivity contribution in [3.8, 4) is 0 Å². The number of nitrogens with zero attached hydrogens (tertiary/aromatic N) is 6. The highest BCUT2D eigenvalue weighted by atomic mass is 32.3. The first-order valence-corrected chi connectivity index (χ1v) is 21.3. The molecule has 0 radical (unpaired) electrons. The van der Waals surface area contributed by atoms with Gasteiger partial charge in [-0.3, -0.25) is 9.11 Å². The molecule has 60 heavy (non-hydrogen) atoms. The van der Waals surface area contributed by atoms with Gasteiger partial charge in [0.2, 0.25) is 39.8 Å². The SMILES string of the molecule is CC(CO)Nc1nc(Nc2ccccc2)nc(NC2(Nc3nc(Nc4ccccc4)nc(NC(C)CO)n3)C=CC(C=Cc3ccccc3)C(S(=O)(=O)O)(S(=O)(=O)O)C2)n1. The van der Waals surface area contributed by atoms with Crippen LogP contribution >= 0.6 is 0 Å². The number of aliphatic hydroxyl groups excluding tert-OH is 2. The molecule has 0 fully saturated rings. The third kappa shape index (κ3) is 10.5. The van der Waals surface area contributed by atoms with Crippen molar-refractivity contribution in [2.24, 2.45) is 5.92 Å². The number of hydrogen-bond donors (Lipinski definition) is 10. The van der Waals surface area contributed by atoms with E-state index in [1.165, 1.54) is 24.3 Å². The lowest BCUT2D eigenvalue weighted by Crippen LogP contribution is -2.62. The minimum atomic E-state index is -5.74. The molecule has 5 aromatic rings. The van der Waals surface area contributed by atoms with E-state index in [-0.39, 0.29) is 48.9 Å². The fraction of sp³-hybridized carbons (Fsp3) is 0.263. The molecule has 2 aromatic heterocycles. The standard InChI is InChI=1S/C38H44N12O8S2/c1-25(22-51)39-31-43-33(41-29-14-8-4-9-15-29)47-35(45-31)49-37(50-36-46-32(40-26(2)23-52)44-34(48-36)42-30-16-10-5-11-17-30)21-20-28(19-18-27-12-6-3-7-13-27)38(24-37,59(53,54)55)60(56,57)58/h3-21,25-26,28,51-52H,22-24H2,1-2H3,(H,53,54,55)(H,56,57,58)(H3,39,41,43,45,47,49)(H3,40,42,44,46,48,50). The monoisotopic (exact) mass is 860 g/mol. The van der Waals surface area contributed by atoms with Gasteiger partial charge in [0.15, 0.2) is 0 Å². The lowest BCUT2D eigenvalue weighted by atomic mass is 9.86. The first-order chi connectivity index (χ1) is 28.6. The van der Waals surface area contributed by atoms with E-state index in [1.807, 2.05) is 0 Å². The number of allylic oxidation sites excluding steroid dienone is 2. The predicted molar refractivity (Wildman–Crippen MR) is 228 cm³/mol. The molecule has 0 spiro atoms. The van der Waals surface area contributed by atoms with Gasteiger partial charge in [-0.1, -0.05) is 85.0 Å². The Morgan fingerprint density at radius 3 is 1.45 bits per heavy atom. The highest BCUT2D eigenvalue weighted by Crippen LogP contribution is 2.46. The molecule has 20 nitrogen and oxygen atoms in total. The second-order valence-corrected chi connectivity index (χ2v) is 17.5. The van der Waals surface area contributed by atoms with Crippen molar-refractivity contribution in [1.82, 2.24) is 29.9 Å². The van der Waals surface area contributed by atoms with Crippen molar-refractivity contribution in [2.45, 2.75) is 42.1 Å². The Labute approximate surface area is 346 Å². The van der Waals surface area contributed by atoms with Gasteiger partial charge in [-0.15, -0.1) is 0 Å². The van der Waals surface area contributed by atoms with Crippen LogP contribution in [0.2, 0.25) is 0 Å². The summed E-state index contributed by atoms with van der Waals surface area (Å²) in [4.78, 5) is 26.7. The molecular formula is C38H44N12O8S2. The number of hydrogen-bond acceptors (Lipinski definition) is 18. The quantitative estimate of drug-likeness (QED) is 0.0337. The van der Waals surface area contributed by atoms with Crippen molar-refractivity contribution in [1.29, 1.82) is 0 Å². The summed E-state index contributed by atoms with van der Waals surface area (Å²) in [5.41, 5.74) is -0.460. The van der Waals surface area contributed by atoms with Crippen LogP contribution in [0.4, 0.5) is 47.1 Å². The Balaban J connectivity index is 1.55. The highest BCUT2D eigenvalue weighted by Gasteiger charge is 2.64. The summed E-state index contributed by atoms with van der Waals surface area (Å²) in [5, 5.41) is 37.5. The summed E-state index contributed by atoms with van der Waals surface area (Å²) in [6, 6.07) is 25.1. The van der Waals surface area contributed by atoms with Crippen molar-refractivity contribution < 1.29 is 36.2 Å². The maximum Gasteiger partial charge on any atom is 0.288 e. The number of aromatic nitrogens is 6. The second kappa shape index (κ2) is 18.3. The molecule has 0 saturated heterocycles. The molecule has 0 aliphatic heterocycles. The molecule has 3 unspecified atom stereocenters. The third-order valence-electron chi connectivity index (χ3n) is 9.09. The summed E-state index contributed by atoms with van der Waals surface area (Å²) in [7, 11) is -11.5. The van der Waals surface area contributed by atoms with Gasteiger partial charge in [-0.05, 0) is 49.8 Å². The predicted octanol–water partition coefficient (Wildman–Crippen LogP) is 4.11. The summed E-state index contributed by atoms with van der Waals surface area (Å²) in [5.74, 6) is -2.40. The van der Waals surface area contributed by atoms with Crippen LogP contribution in [0, 0.1) is 5.92 Å². The zero-order valence-electron chi connectivity index (χ0n) is 32.2.